The van der Waals surface area contributed by atoms with Crippen LogP contribution in [0, 0.1) is 0 Å². The lowest BCUT2D eigenvalue weighted by atomic mass is 10.1. The maximum absolute atomic E-state index is 12.7. The van der Waals surface area contributed by atoms with Gasteiger partial charge in [0.25, 0.3) is 0 Å². The standard InChI is InChI=1S/C23H25N5O6/c1-23(2,3)34-21(31)18(24-22(32)33-14-15-7-5-4-6-8-15)13-19-25-27-28(26-19)17-11-9-16(10-12-17)20(29)30/h4-12,18H,13-14H2,1-3H3,(H,24,32)(H,29,30). The number of carbonyl (C=O) groups is 3. The fourth-order valence-electron chi connectivity index (χ4n) is 2.83. The Hall–Kier alpha value is -4.28. The van der Waals surface area contributed by atoms with Crippen LogP contribution in [0.2, 0.25) is 0 Å². The first-order chi connectivity index (χ1) is 16.1. The van der Waals surface area contributed by atoms with Crippen molar-refractivity contribution >= 4 is 18.0 Å². The third-order valence-electron chi connectivity index (χ3n) is 4.38. The molecule has 2 N–H and O–H groups in total. The van der Waals surface area contributed by atoms with Crippen LogP contribution in [-0.4, -0.2) is 55.0 Å². The summed E-state index contributed by atoms with van der Waals surface area (Å²) in [5.41, 5.74) is 0.618. The van der Waals surface area contributed by atoms with Crippen molar-refractivity contribution in [3.05, 3.63) is 71.5 Å². The van der Waals surface area contributed by atoms with E-state index in [-0.39, 0.29) is 24.4 Å². The summed E-state index contributed by atoms with van der Waals surface area (Å²) in [7, 11) is 0. The van der Waals surface area contributed by atoms with Crippen LogP contribution in [0.5, 0.6) is 0 Å². The average Bonchev–Trinajstić information content (AvgIpc) is 3.25. The van der Waals surface area contributed by atoms with E-state index in [1.807, 2.05) is 30.3 Å². The van der Waals surface area contributed by atoms with Crippen molar-refractivity contribution in [2.75, 3.05) is 0 Å². The number of carboxylic acid groups (broad SMARTS) is 1. The van der Waals surface area contributed by atoms with Gasteiger partial charge in [-0.15, -0.1) is 15.0 Å². The van der Waals surface area contributed by atoms with E-state index in [1.165, 1.54) is 29.1 Å². The van der Waals surface area contributed by atoms with Crippen molar-refractivity contribution < 1.29 is 29.0 Å². The number of nitrogens with one attached hydrogen (secondary N) is 1. The quantitative estimate of drug-likeness (QED) is 0.477. The molecule has 3 rings (SSSR count). The summed E-state index contributed by atoms with van der Waals surface area (Å²) in [6, 6.07) is 13.9. The Kier molecular flexibility index (Phi) is 7.57. The van der Waals surface area contributed by atoms with Crippen molar-refractivity contribution in [2.45, 2.75) is 45.4 Å². The van der Waals surface area contributed by atoms with Crippen molar-refractivity contribution in [1.29, 1.82) is 0 Å². The Morgan fingerprint density at radius 1 is 1.06 bits per heavy atom. The normalized spacial score (nSPS) is 12.0. The first-order valence-electron chi connectivity index (χ1n) is 10.4. The fourth-order valence-corrected chi connectivity index (χ4v) is 2.83. The number of ether oxygens (including phenoxy) is 2. The van der Waals surface area contributed by atoms with E-state index < -0.39 is 29.7 Å². The maximum Gasteiger partial charge on any atom is 0.408 e. The second-order valence-corrected chi connectivity index (χ2v) is 8.34. The van der Waals surface area contributed by atoms with E-state index >= 15 is 0 Å². The predicted octanol–water partition coefficient (Wildman–Crippen LogP) is 2.54. The highest BCUT2D eigenvalue weighted by Crippen LogP contribution is 2.12. The van der Waals surface area contributed by atoms with E-state index in [4.69, 9.17) is 14.6 Å². The molecule has 1 aromatic heterocycles. The van der Waals surface area contributed by atoms with Gasteiger partial charge in [0.1, 0.15) is 18.2 Å². The minimum absolute atomic E-state index is 0.0362. The van der Waals surface area contributed by atoms with Crippen molar-refractivity contribution in [3.8, 4) is 5.69 Å². The minimum atomic E-state index is -1.12. The molecular weight excluding hydrogens is 442 g/mol. The van der Waals surface area contributed by atoms with Crippen LogP contribution in [0.4, 0.5) is 4.79 Å². The summed E-state index contributed by atoms with van der Waals surface area (Å²) in [6.45, 7) is 5.18. The monoisotopic (exact) mass is 467 g/mol. The summed E-state index contributed by atoms with van der Waals surface area (Å²) in [6.07, 6.45) is -0.890. The van der Waals surface area contributed by atoms with Gasteiger partial charge in [0.05, 0.1) is 11.3 Å². The molecule has 0 spiro atoms. The largest absolute Gasteiger partial charge is 0.478 e. The van der Waals surface area contributed by atoms with Crippen LogP contribution >= 0.6 is 0 Å². The van der Waals surface area contributed by atoms with Crippen LogP contribution in [0.1, 0.15) is 42.5 Å². The number of hydrogen-bond acceptors (Lipinski definition) is 8. The Labute approximate surface area is 195 Å². The molecule has 11 nitrogen and oxygen atoms in total. The first-order valence-corrected chi connectivity index (χ1v) is 10.4. The summed E-state index contributed by atoms with van der Waals surface area (Å²) in [5, 5.41) is 23.6. The highest BCUT2D eigenvalue weighted by molar-refractivity contribution is 5.87. The number of rotatable bonds is 8. The Balaban J connectivity index is 1.70. The van der Waals surface area contributed by atoms with Crippen LogP contribution in [0.25, 0.3) is 5.69 Å². The molecule has 0 aliphatic heterocycles. The fraction of sp³-hybridized carbons (Fsp3) is 0.304. The number of benzene rings is 2. The molecule has 1 heterocycles. The van der Waals surface area contributed by atoms with E-state index in [0.717, 1.165) is 5.56 Å². The topological polar surface area (TPSA) is 146 Å². The lowest BCUT2D eigenvalue weighted by Gasteiger charge is -2.23. The summed E-state index contributed by atoms with van der Waals surface area (Å²) < 4.78 is 10.6. The average molecular weight is 467 g/mol. The Bertz CT molecular complexity index is 1140. The van der Waals surface area contributed by atoms with Crippen LogP contribution < -0.4 is 5.32 Å². The number of carbonyl (C=O) groups excluding carboxylic acids is 2. The van der Waals surface area contributed by atoms with Crippen LogP contribution in [0.15, 0.2) is 54.6 Å². The number of tetrazole rings is 1. The SMILES string of the molecule is CC(C)(C)OC(=O)C(Cc1nnn(-c2ccc(C(=O)O)cc2)n1)NC(=O)OCc1ccccc1. The third kappa shape index (κ3) is 7.12. The molecule has 0 aliphatic carbocycles. The molecule has 0 saturated heterocycles. The number of hydrogen-bond donors (Lipinski definition) is 2. The molecule has 0 fully saturated rings. The maximum atomic E-state index is 12.7. The van der Waals surface area contributed by atoms with Crippen molar-refractivity contribution in [1.82, 2.24) is 25.5 Å². The molecule has 178 valence electrons. The zero-order valence-electron chi connectivity index (χ0n) is 19.0. The van der Waals surface area contributed by atoms with Crippen LogP contribution in [-0.2, 0) is 27.3 Å². The van der Waals surface area contributed by atoms with Gasteiger partial charge in [0.2, 0.25) is 0 Å². The zero-order chi connectivity index (χ0) is 24.7. The predicted molar refractivity (Wildman–Crippen MR) is 119 cm³/mol. The number of nitrogens with zero attached hydrogens (tertiary/aromatic N) is 4. The number of alkyl carbamates (subject to hydrolysis) is 1. The second kappa shape index (κ2) is 10.6. The van der Waals surface area contributed by atoms with E-state index in [0.29, 0.717) is 5.69 Å². The highest BCUT2D eigenvalue weighted by Gasteiger charge is 2.29. The van der Waals surface area contributed by atoms with Gasteiger partial charge in [-0.25, -0.2) is 14.4 Å². The van der Waals surface area contributed by atoms with Gasteiger partial charge in [-0.2, -0.15) is 0 Å². The van der Waals surface area contributed by atoms with Gasteiger partial charge in [0, 0.05) is 6.42 Å². The number of carboxylic acids is 1. The van der Waals surface area contributed by atoms with E-state index in [2.05, 4.69) is 20.7 Å². The second-order valence-electron chi connectivity index (χ2n) is 8.34. The summed E-state index contributed by atoms with van der Waals surface area (Å²) >= 11 is 0. The van der Waals surface area contributed by atoms with Crippen molar-refractivity contribution in [3.63, 3.8) is 0 Å². The third-order valence-corrected chi connectivity index (χ3v) is 4.38. The highest BCUT2D eigenvalue weighted by atomic mass is 16.6. The van der Waals surface area contributed by atoms with Gasteiger partial charge >= 0.3 is 18.0 Å². The number of aromatic nitrogens is 4. The molecule has 0 radical (unpaired) electrons. The van der Waals surface area contributed by atoms with Crippen LogP contribution in [0.3, 0.4) is 0 Å². The molecule has 0 aliphatic rings. The summed E-state index contributed by atoms with van der Waals surface area (Å²) in [4.78, 5) is 37.3. The Morgan fingerprint density at radius 3 is 2.35 bits per heavy atom. The van der Waals surface area contributed by atoms with Gasteiger partial charge < -0.3 is 19.9 Å². The molecule has 11 heteroatoms. The zero-order valence-corrected chi connectivity index (χ0v) is 19.0. The molecule has 34 heavy (non-hydrogen) atoms. The molecule has 0 bridgehead atoms. The number of esters is 1. The molecule has 0 saturated carbocycles. The molecule has 2 aromatic carbocycles. The van der Waals surface area contributed by atoms with Gasteiger partial charge in [-0.1, -0.05) is 30.3 Å². The molecule has 3 aromatic rings. The molecule has 1 atom stereocenters. The minimum Gasteiger partial charge on any atom is -0.478 e. The molecule has 1 amide bonds. The van der Waals surface area contributed by atoms with Gasteiger partial charge in [-0.3, -0.25) is 0 Å². The smallest absolute Gasteiger partial charge is 0.408 e. The Morgan fingerprint density at radius 2 is 1.74 bits per heavy atom. The molecular formula is C23H25N5O6. The lowest BCUT2D eigenvalue weighted by Crippen LogP contribution is -2.45. The van der Waals surface area contributed by atoms with E-state index in [9.17, 15) is 14.4 Å². The van der Waals surface area contributed by atoms with Crippen molar-refractivity contribution in [2.24, 2.45) is 0 Å². The van der Waals surface area contributed by atoms with E-state index in [1.54, 1.807) is 20.8 Å². The first kappa shape index (κ1) is 24.4. The number of amides is 1. The number of aromatic carboxylic acids is 1. The van der Waals surface area contributed by atoms with Gasteiger partial charge in [-0.05, 0) is 55.8 Å². The molecule has 1 unspecified atom stereocenters. The lowest BCUT2D eigenvalue weighted by molar-refractivity contribution is -0.157. The van der Waals surface area contributed by atoms with Gasteiger partial charge in [0.15, 0.2) is 5.82 Å². The summed E-state index contributed by atoms with van der Waals surface area (Å²) in [5.74, 6) is -1.56.